The molecule has 1 aromatic carbocycles. The summed E-state index contributed by atoms with van der Waals surface area (Å²) in [4.78, 5) is 12.5. The van der Waals surface area contributed by atoms with Gasteiger partial charge in [0, 0.05) is 9.50 Å². The molecular formula is C11H8BrClN2OS. The minimum absolute atomic E-state index is 0.208. The maximum Gasteiger partial charge on any atom is 0.266 e. The van der Waals surface area contributed by atoms with Gasteiger partial charge in [0.25, 0.3) is 5.91 Å². The molecule has 17 heavy (non-hydrogen) atoms. The number of hydrogen-bond acceptors (Lipinski definition) is 3. The van der Waals surface area contributed by atoms with Gasteiger partial charge in [0.1, 0.15) is 4.88 Å². The van der Waals surface area contributed by atoms with Gasteiger partial charge in [-0.1, -0.05) is 11.6 Å². The van der Waals surface area contributed by atoms with E-state index in [9.17, 15) is 4.79 Å². The van der Waals surface area contributed by atoms with Crippen LogP contribution in [0.3, 0.4) is 0 Å². The summed E-state index contributed by atoms with van der Waals surface area (Å²) in [5.41, 5.74) is 6.75. The van der Waals surface area contributed by atoms with Crippen LogP contribution < -0.4 is 11.1 Å². The first kappa shape index (κ1) is 12.4. The highest BCUT2D eigenvalue weighted by atomic mass is 79.9. The van der Waals surface area contributed by atoms with Crippen molar-refractivity contribution in [2.24, 2.45) is 0 Å². The lowest BCUT2D eigenvalue weighted by atomic mass is 10.2. The quantitative estimate of drug-likeness (QED) is 0.817. The van der Waals surface area contributed by atoms with Crippen molar-refractivity contribution in [2.45, 2.75) is 0 Å². The van der Waals surface area contributed by atoms with Gasteiger partial charge in [-0.15, -0.1) is 11.3 Å². The Morgan fingerprint density at radius 1 is 1.41 bits per heavy atom. The highest BCUT2D eigenvalue weighted by Crippen LogP contribution is 2.27. The molecule has 0 aliphatic heterocycles. The van der Waals surface area contributed by atoms with E-state index in [-0.39, 0.29) is 5.91 Å². The standard InChI is InChI=1S/C11H8BrClN2OS/c12-7-3-4-17-10(7)11(16)15-9-5-6(13)1-2-8(9)14/h1-5H,14H2,(H,15,16). The van der Waals surface area contributed by atoms with E-state index in [4.69, 9.17) is 17.3 Å². The summed E-state index contributed by atoms with van der Waals surface area (Å²) in [5.74, 6) is -0.208. The summed E-state index contributed by atoms with van der Waals surface area (Å²) in [6.07, 6.45) is 0. The zero-order chi connectivity index (χ0) is 12.4. The number of nitrogens with one attached hydrogen (secondary N) is 1. The smallest absolute Gasteiger partial charge is 0.266 e. The van der Waals surface area contributed by atoms with Crippen molar-refractivity contribution < 1.29 is 4.79 Å². The van der Waals surface area contributed by atoms with E-state index in [2.05, 4.69) is 21.2 Å². The molecule has 3 nitrogen and oxygen atoms in total. The minimum Gasteiger partial charge on any atom is -0.397 e. The molecule has 2 rings (SSSR count). The van der Waals surface area contributed by atoms with Gasteiger partial charge in [-0.25, -0.2) is 0 Å². The molecule has 1 heterocycles. The molecule has 0 radical (unpaired) electrons. The van der Waals surface area contributed by atoms with Crippen molar-refractivity contribution in [3.8, 4) is 0 Å². The van der Waals surface area contributed by atoms with Crippen molar-refractivity contribution in [1.82, 2.24) is 0 Å². The molecule has 0 bridgehead atoms. The number of nitrogens with two attached hydrogens (primary N) is 1. The van der Waals surface area contributed by atoms with Gasteiger partial charge in [0.15, 0.2) is 0 Å². The van der Waals surface area contributed by atoms with Crippen LogP contribution in [0.4, 0.5) is 11.4 Å². The molecule has 88 valence electrons. The summed E-state index contributed by atoms with van der Waals surface area (Å²) >= 11 is 10.5. The van der Waals surface area contributed by atoms with Gasteiger partial charge in [-0.05, 0) is 45.6 Å². The second kappa shape index (κ2) is 5.08. The molecule has 0 saturated heterocycles. The summed E-state index contributed by atoms with van der Waals surface area (Å²) < 4.78 is 0.764. The van der Waals surface area contributed by atoms with Crippen LogP contribution in [0.25, 0.3) is 0 Å². The lowest BCUT2D eigenvalue weighted by molar-refractivity contribution is 0.103. The normalized spacial score (nSPS) is 10.2. The number of amides is 1. The molecule has 6 heteroatoms. The zero-order valence-electron chi connectivity index (χ0n) is 8.54. The summed E-state index contributed by atoms with van der Waals surface area (Å²) in [6, 6.07) is 6.77. The number of carbonyl (C=O) groups is 1. The predicted octanol–water partition coefficient (Wildman–Crippen LogP) is 4.00. The summed E-state index contributed by atoms with van der Waals surface area (Å²) in [5, 5.41) is 5.09. The van der Waals surface area contributed by atoms with E-state index in [1.807, 2.05) is 11.4 Å². The number of nitrogen functional groups attached to an aromatic ring is 1. The van der Waals surface area contributed by atoms with E-state index in [1.54, 1.807) is 18.2 Å². The van der Waals surface area contributed by atoms with E-state index < -0.39 is 0 Å². The van der Waals surface area contributed by atoms with Crippen molar-refractivity contribution >= 4 is 56.1 Å². The Bertz CT molecular complexity index is 570. The fourth-order valence-corrected chi connectivity index (χ4v) is 2.89. The van der Waals surface area contributed by atoms with E-state index in [0.29, 0.717) is 21.3 Å². The Balaban J connectivity index is 2.24. The minimum atomic E-state index is -0.208. The zero-order valence-corrected chi connectivity index (χ0v) is 11.7. The maximum absolute atomic E-state index is 11.9. The van der Waals surface area contributed by atoms with Gasteiger partial charge >= 0.3 is 0 Å². The molecule has 3 N–H and O–H groups in total. The first-order valence-electron chi connectivity index (χ1n) is 4.67. The van der Waals surface area contributed by atoms with Crippen molar-refractivity contribution in [3.63, 3.8) is 0 Å². The third kappa shape index (κ3) is 2.80. The van der Waals surface area contributed by atoms with Gasteiger partial charge in [-0.2, -0.15) is 0 Å². The Morgan fingerprint density at radius 2 is 2.18 bits per heavy atom. The molecule has 0 aliphatic rings. The van der Waals surface area contributed by atoms with Crippen LogP contribution in [0, 0.1) is 0 Å². The van der Waals surface area contributed by atoms with Crippen LogP contribution in [0.2, 0.25) is 5.02 Å². The molecule has 0 unspecified atom stereocenters. The van der Waals surface area contributed by atoms with Crippen LogP contribution in [-0.4, -0.2) is 5.91 Å². The molecule has 0 fully saturated rings. The van der Waals surface area contributed by atoms with E-state index >= 15 is 0 Å². The summed E-state index contributed by atoms with van der Waals surface area (Å²) in [6.45, 7) is 0. The van der Waals surface area contributed by atoms with Gasteiger partial charge < -0.3 is 11.1 Å². The number of anilines is 2. The third-order valence-corrected chi connectivity index (χ3v) is 4.16. The third-order valence-electron chi connectivity index (χ3n) is 2.09. The Morgan fingerprint density at radius 3 is 2.82 bits per heavy atom. The largest absolute Gasteiger partial charge is 0.397 e. The van der Waals surface area contributed by atoms with Crippen LogP contribution in [0.15, 0.2) is 34.1 Å². The average Bonchev–Trinajstić information content (AvgIpc) is 2.70. The first-order chi connectivity index (χ1) is 8.08. The molecule has 0 saturated carbocycles. The fourth-order valence-electron chi connectivity index (χ4n) is 1.27. The summed E-state index contributed by atoms with van der Waals surface area (Å²) in [7, 11) is 0. The topological polar surface area (TPSA) is 55.1 Å². The van der Waals surface area contributed by atoms with Gasteiger partial charge in [0.05, 0.1) is 11.4 Å². The van der Waals surface area contributed by atoms with Crippen LogP contribution in [-0.2, 0) is 0 Å². The van der Waals surface area contributed by atoms with Gasteiger partial charge in [-0.3, -0.25) is 4.79 Å². The molecule has 0 spiro atoms. The molecular weight excluding hydrogens is 324 g/mol. The van der Waals surface area contributed by atoms with Gasteiger partial charge in [0.2, 0.25) is 0 Å². The molecule has 0 atom stereocenters. The van der Waals surface area contributed by atoms with Crippen LogP contribution >= 0.6 is 38.9 Å². The number of hydrogen-bond donors (Lipinski definition) is 2. The second-order valence-corrected chi connectivity index (χ2v) is 5.49. The average molecular weight is 332 g/mol. The van der Waals surface area contributed by atoms with Crippen molar-refractivity contribution in [1.29, 1.82) is 0 Å². The SMILES string of the molecule is Nc1ccc(Cl)cc1NC(=O)c1sccc1Br. The van der Waals surface area contributed by atoms with Crippen molar-refractivity contribution in [2.75, 3.05) is 11.1 Å². The number of thiophene rings is 1. The second-order valence-electron chi connectivity index (χ2n) is 3.28. The molecule has 2 aromatic rings. The molecule has 1 aromatic heterocycles. The monoisotopic (exact) mass is 330 g/mol. The number of carbonyl (C=O) groups excluding carboxylic acids is 1. The predicted molar refractivity (Wildman–Crippen MR) is 75.8 cm³/mol. The number of rotatable bonds is 2. The number of benzene rings is 1. The Labute approximate surface area is 116 Å². The van der Waals surface area contributed by atoms with E-state index in [0.717, 1.165) is 4.47 Å². The Hall–Kier alpha value is -1.04. The lowest BCUT2D eigenvalue weighted by Crippen LogP contribution is -2.12. The highest BCUT2D eigenvalue weighted by molar-refractivity contribution is 9.10. The van der Waals surface area contributed by atoms with Crippen molar-refractivity contribution in [3.05, 3.63) is 44.0 Å². The highest BCUT2D eigenvalue weighted by Gasteiger charge is 2.13. The first-order valence-corrected chi connectivity index (χ1v) is 6.72. The van der Waals surface area contributed by atoms with Crippen LogP contribution in [0.5, 0.6) is 0 Å². The lowest BCUT2D eigenvalue weighted by Gasteiger charge is -2.07. The van der Waals surface area contributed by atoms with Crippen LogP contribution in [0.1, 0.15) is 9.67 Å². The fraction of sp³-hybridized carbons (Fsp3) is 0. The number of halogens is 2. The maximum atomic E-state index is 11.9. The molecule has 1 amide bonds. The van der Waals surface area contributed by atoms with E-state index in [1.165, 1.54) is 11.3 Å². The Kier molecular flexibility index (Phi) is 3.71. The molecule has 0 aliphatic carbocycles.